The summed E-state index contributed by atoms with van der Waals surface area (Å²) in [4.78, 5) is 31.1. The molecule has 2 aliphatic heterocycles. The molecule has 4 aromatic rings. The third-order valence-corrected chi connectivity index (χ3v) is 9.16. The molecule has 2 aromatic heterocycles. The fraction of sp³-hybridized carbons (Fsp3) is 0.355. The van der Waals surface area contributed by atoms with E-state index >= 15 is 0 Å². The number of nitrogens with one attached hydrogen (secondary N) is 1. The smallest absolute Gasteiger partial charge is 0.335 e. The zero-order valence-corrected chi connectivity index (χ0v) is 24.1. The van der Waals surface area contributed by atoms with Crippen molar-refractivity contribution in [1.82, 2.24) is 15.0 Å². The van der Waals surface area contributed by atoms with Gasteiger partial charge in [0.2, 0.25) is 0 Å². The maximum absolute atomic E-state index is 13.4. The maximum Gasteiger partial charge on any atom is 0.335 e. The minimum atomic E-state index is -0.993. The van der Waals surface area contributed by atoms with Crippen molar-refractivity contribution in [3.8, 4) is 11.3 Å². The van der Waals surface area contributed by atoms with Gasteiger partial charge in [-0.15, -0.1) is 0 Å². The van der Waals surface area contributed by atoms with E-state index in [1.165, 1.54) is 6.07 Å². The number of hydrogen-bond donors (Lipinski definition) is 2. The molecule has 3 fully saturated rings. The molecule has 2 saturated heterocycles. The molecule has 2 bridgehead atoms. The summed E-state index contributed by atoms with van der Waals surface area (Å²) in [5, 5.41) is 18.3. The van der Waals surface area contributed by atoms with E-state index in [0.29, 0.717) is 50.5 Å². The fourth-order valence-electron chi connectivity index (χ4n) is 6.35. The highest BCUT2D eigenvalue weighted by molar-refractivity contribution is 6.39. The summed E-state index contributed by atoms with van der Waals surface area (Å²) >= 11 is 13.0. The number of urea groups is 1. The van der Waals surface area contributed by atoms with E-state index in [-0.39, 0.29) is 29.8 Å². The number of carbonyl (C=O) groups excluding carboxylic acids is 1. The Morgan fingerprint density at radius 2 is 1.76 bits per heavy atom. The lowest BCUT2D eigenvalue weighted by Gasteiger charge is -2.38. The van der Waals surface area contributed by atoms with Crippen molar-refractivity contribution in [2.45, 2.75) is 69.2 Å². The lowest BCUT2D eigenvalue weighted by atomic mass is 9.99. The average Bonchev–Trinajstić information content (AvgIpc) is 3.67. The number of hydrogen-bond acceptors (Lipinski definition) is 6. The first-order valence-electron chi connectivity index (χ1n) is 14.1. The molecule has 4 heterocycles. The monoisotopic (exact) mass is 606 g/mol. The Morgan fingerprint density at radius 1 is 1.02 bits per heavy atom. The molecule has 2 atom stereocenters. The molecule has 2 unspecified atom stereocenters. The molecule has 0 radical (unpaired) electrons. The zero-order valence-electron chi connectivity index (χ0n) is 22.6. The normalized spacial score (nSPS) is 21.6. The van der Waals surface area contributed by atoms with Gasteiger partial charge in [-0.3, -0.25) is 5.32 Å². The summed E-state index contributed by atoms with van der Waals surface area (Å²) in [6.45, 7) is 0.340. The summed E-state index contributed by atoms with van der Waals surface area (Å²) in [5.41, 5.74) is 3.00. The molecule has 1 saturated carbocycles. The molecule has 7 rings (SSSR count). The Kier molecular flexibility index (Phi) is 7.04. The number of carboxylic acids is 1. The molecule has 1 aliphatic carbocycles. The van der Waals surface area contributed by atoms with E-state index in [1.54, 1.807) is 42.5 Å². The molecular formula is C31H28Cl2N4O5. The van der Waals surface area contributed by atoms with Crippen LogP contribution in [0.15, 0.2) is 53.1 Å². The van der Waals surface area contributed by atoms with Crippen molar-refractivity contribution in [3.63, 3.8) is 0 Å². The quantitative estimate of drug-likeness (QED) is 0.223. The minimum absolute atomic E-state index is 0.00899. The highest BCUT2D eigenvalue weighted by atomic mass is 35.5. The number of aromatic nitrogens is 2. The number of aromatic carboxylic acids is 1. The van der Waals surface area contributed by atoms with E-state index < -0.39 is 5.97 Å². The van der Waals surface area contributed by atoms with Gasteiger partial charge in [-0.25, -0.2) is 14.6 Å². The molecule has 2 N–H and O–H groups in total. The number of rotatable bonds is 7. The van der Waals surface area contributed by atoms with Crippen molar-refractivity contribution in [3.05, 3.63) is 75.5 Å². The van der Waals surface area contributed by atoms with Crippen LogP contribution in [0.25, 0.3) is 22.2 Å². The van der Waals surface area contributed by atoms with Gasteiger partial charge in [0, 0.05) is 34.5 Å². The summed E-state index contributed by atoms with van der Waals surface area (Å²) in [7, 11) is 0. The van der Waals surface area contributed by atoms with Crippen molar-refractivity contribution in [1.29, 1.82) is 0 Å². The van der Waals surface area contributed by atoms with Crippen LogP contribution in [0.2, 0.25) is 10.0 Å². The van der Waals surface area contributed by atoms with Crippen LogP contribution >= 0.6 is 23.2 Å². The number of ether oxygens (including phenoxy) is 1. The largest absolute Gasteiger partial charge is 0.478 e. The number of halogens is 2. The van der Waals surface area contributed by atoms with Gasteiger partial charge in [-0.1, -0.05) is 34.4 Å². The summed E-state index contributed by atoms with van der Waals surface area (Å²) in [6.07, 6.45) is 5.42. The molecular weight excluding hydrogens is 579 g/mol. The first kappa shape index (κ1) is 27.2. The van der Waals surface area contributed by atoms with Crippen LogP contribution in [0.5, 0.6) is 0 Å². The predicted molar refractivity (Wildman–Crippen MR) is 158 cm³/mol. The number of fused-ring (bicyclic) bond motifs is 3. The predicted octanol–water partition coefficient (Wildman–Crippen LogP) is 7.52. The molecule has 3 aliphatic rings. The zero-order chi connectivity index (χ0) is 29.0. The standard InChI is InChI=1S/C31H28Cl2N4O5/c32-23-2-1-3-24(33)27(23)28-22(29(42-36-28)16-4-5-16)15-41-21-13-19-8-9-20(14-21)37(19)31(40)35-26-11-7-17-12-18(30(38)39)6-10-25(17)34-26/h1-3,6-7,10-12,16,19-21H,4-5,8-9,13-15H2,(H,38,39)(H,34,35,40). The van der Waals surface area contributed by atoms with Gasteiger partial charge >= 0.3 is 12.0 Å². The molecule has 0 spiro atoms. The van der Waals surface area contributed by atoms with E-state index in [1.807, 2.05) is 4.90 Å². The lowest BCUT2D eigenvalue weighted by Crippen LogP contribution is -2.50. The second-order valence-corrected chi connectivity index (χ2v) is 12.1. The van der Waals surface area contributed by atoms with Gasteiger partial charge in [-0.2, -0.15) is 0 Å². The summed E-state index contributed by atoms with van der Waals surface area (Å²) in [6, 6.07) is 13.5. The topological polar surface area (TPSA) is 118 Å². The second kappa shape index (κ2) is 10.9. The van der Waals surface area contributed by atoms with Crippen LogP contribution in [-0.4, -0.2) is 50.3 Å². The number of benzene rings is 2. The van der Waals surface area contributed by atoms with Crippen LogP contribution in [0.3, 0.4) is 0 Å². The Balaban J connectivity index is 1.03. The molecule has 216 valence electrons. The molecule has 11 heteroatoms. The Morgan fingerprint density at radius 3 is 2.45 bits per heavy atom. The third-order valence-electron chi connectivity index (χ3n) is 8.53. The van der Waals surface area contributed by atoms with Crippen molar-refractivity contribution >= 4 is 51.9 Å². The number of nitrogens with zero attached hydrogens (tertiary/aromatic N) is 3. The van der Waals surface area contributed by atoms with E-state index in [2.05, 4.69) is 15.5 Å². The average molecular weight is 607 g/mol. The Bertz CT molecular complexity index is 1670. The number of piperidine rings is 1. The molecule has 2 aromatic carbocycles. The highest BCUT2D eigenvalue weighted by Gasteiger charge is 2.44. The number of anilines is 1. The fourth-order valence-corrected chi connectivity index (χ4v) is 6.92. The molecule has 2 amide bonds. The minimum Gasteiger partial charge on any atom is -0.478 e. The van der Waals surface area contributed by atoms with E-state index in [9.17, 15) is 14.7 Å². The number of amides is 2. The molecule has 9 nitrogen and oxygen atoms in total. The van der Waals surface area contributed by atoms with Crippen LogP contribution in [0, 0.1) is 0 Å². The number of pyridine rings is 1. The van der Waals surface area contributed by atoms with Crippen molar-refractivity contribution < 1.29 is 24.0 Å². The van der Waals surface area contributed by atoms with Crippen LogP contribution in [0.4, 0.5) is 10.6 Å². The maximum atomic E-state index is 13.4. The Labute approximate surface area is 251 Å². The van der Waals surface area contributed by atoms with E-state index in [0.717, 1.165) is 49.8 Å². The van der Waals surface area contributed by atoms with Gasteiger partial charge < -0.3 is 19.3 Å². The summed E-state index contributed by atoms with van der Waals surface area (Å²) in [5.74, 6) is 0.630. The van der Waals surface area contributed by atoms with Gasteiger partial charge in [0.25, 0.3) is 0 Å². The van der Waals surface area contributed by atoms with Crippen molar-refractivity contribution in [2.75, 3.05) is 5.32 Å². The van der Waals surface area contributed by atoms with Gasteiger partial charge in [-0.05, 0) is 81.0 Å². The van der Waals surface area contributed by atoms with Gasteiger partial charge in [0.05, 0.1) is 33.8 Å². The first-order valence-corrected chi connectivity index (χ1v) is 14.9. The van der Waals surface area contributed by atoms with Gasteiger partial charge in [0.15, 0.2) is 0 Å². The first-order chi connectivity index (χ1) is 20.4. The SMILES string of the molecule is O=C(O)c1ccc2nc(NC(=O)N3C4CCC3CC(OCc3c(-c5c(Cl)cccc5Cl)noc3C3CC3)C4)ccc2c1. The molecule has 42 heavy (non-hydrogen) atoms. The Hall–Kier alpha value is -3.66. The van der Waals surface area contributed by atoms with Crippen LogP contribution in [-0.2, 0) is 11.3 Å². The second-order valence-electron chi connectivity index (χ2n) is 11.3. The van der Waals surface area contributed by atoms with Gasteiger partial charge in [0.1, 0.15) is 17.3 Å². The van der Waals surface area contributed by atoms with E-state index in [4.69, 9.17) is 32.5 Å². The van der Waals surface area contributed by atoms with Crippen LogP contribution in [0.1, 0.15) is 66.1 Å². The van der Waals surface area contributed by atoms with Crippen molar-refractivity contribution in [2.24, 2.45) is 0 Å². The highest BCUT2D eigenvalue weighted by Crippen LogP contribution is 2.46. The number of carboxylic acid groups (broad SMARTS) is 1. The summed E-state index contributed by atoms with van der Waals surface area (Å²) < 4.78 is 12.3. The lowest BCUT2D eigenvalue weighted by molar-refractivity contribution is -0.0158. The number of carbonyl (C=O) groups is 2. The van der Waals surface area contributed by atoms with Crippen LogP contribution < -0.4 is 5.32 Å². The third kappa shape index (κ3) is 5.10.